The Morgan fingerprint density at radius 2 is 1.88 bits per heavy atom. The number of nitrogens with zero attached hydrogens (tertiary/aromatic N) is 1. The zero-order chi connectivity index (χ0) is 18.5. The van der Waals surface area contributed by atoms with E-state index in [1.54, 1.807) is 12.1 Å². The number of likely N-dealkylation sites (tertiary alicyclic amines) is 1. The molecule has 26 heavy (non-hydrogen) atoms. The van der Waals surface area contributed by atoms with Crippen molar-refractivity contribution in [2.75, 3.05) is 6.54 Å². The first-order valence-electron chi connectivity index (χ1n) is 8.98. The summed E-state index contributed by atoms with van der Waals surface area (Å²) in [6, 6.07) is 15.1. The van der Waals surface area contributed by atoms with Crippen LogP contribution in [0, 0.1) is 0 Å². The van der Waals surface area contributed by atoms with Gasteiger partial charge in [0.15, 0.2) is 0 Å². The number of hydrogen-bond donors (Lipinski definition) is 1. The fourth-order valence-corrected chi connectivity index (χ4v) is 3.64. The van der Waals surface area contributed by atoms with Gasteiger partial charge in [0.05, 0.1) is 0 Å². The molecule has 1 N–H and O–H groups in total. The molecule has 0 aromatic heterocycles. The van der Waals surface area contributed by atoms with Gasteiger partial charge in [-0.05, 0) is 62.1 Å². The molecule has 1 fully saturated rings. The van der Waals surface area contributed by atoms with Crippen LogP contribution in [0.3, 0.4) is 0 Å². The van der Waals surface area contributed by atoms with Crippen molar-refractivity contribution < 1.29 is 9.59 Å². The molecular weight excluding hydrogens is 392 g/mol. The zero-order valence-corrected chi connectivity index (χ0v) is 16.5. The smallest absolute Gasteiger partial charge is 0.254 e. The number of halogens is 1. The number of carbonyl (C=O) groups is 2. The molecule has 0 bridgehead atoms. The Morgan fingerprint density at radius 3 is 2.58 bits per heavy atom. The van der Waals surface area contributed by atoms with Crippen molar-refractivity contribution >= 4 is 27.7 Å². The van der Waals surface area contributed by atoms with E-state index in [2.05, 4.69) is 28.2 Å². The quantitative estimate of drug-likeness (QED) is 0.805. The molecule has 1 unspecified atom stereocenters. The van der Waals surface area contributed by atoms with Crippen LogP contribution in [0.15, 0.2) is 53.0 Å². The van der Waals surface area contributed by atoms with Crippen LogP contribution in [0.1, 0.15) is 52.5 Å². The zero-order valence-electron chi connectivity index (χ0n) is 14.9. The summed E-state index contributed by atoms with van der Waals surface area (Å²) in [6.07, 6.45) is 3.35. The topological polar surface area (TPSA) is 49.4 Å². The third-order valence-corrected chi connectivity index (χ3v) is 5.30. The van der Waals surface area contributed by atoms with Crippen LogP contribution in [-0.2, 0) is 6.54 Å². The van der Waals surface area contributed by atoms with E-state index < -0.39 is 0 Å². The Bertz CT molecular complexity index is 789. The van der Waals surface area contributed by atoms with Crippen LogP contribution >= 0.6 is 15.9 Å². The summed E-state index contributed by atoms with van der Waals surface area (Å²) in [5.41, 5.74) is 2.29. The third-order valence-electron chi connectivity index (χ3n) is 4.80. The molecule has 3 rings (SSSR count). The average molecular weight is 415 g/mol. The van der Waals surface area contributed by atoms with Crippen molar-refractivity contribution in [1.82, 2.24) is 10.2 Å². The molecule has 0 saturated carbocycles. The maximum absolute atomic E-state index is 12.7. The molecule has 1 aliphatic rings. The van der Waals surface area contributed by atoms with Crippen LogP contribution in [0.2, 0.25) is 0 Å². The Morgan fingerprint density at radius 1 is 1.12 bits per heavy atom. The molecule has 136 valence electrons. The van der Waals surface area contributed by atoms with Crippen LogP contribution < -0.4 is 5.32 Å². The summed E-state index contributed by atoms with van der Waals surface area (Å²) in [4.78, 5) is 26.8. The van der Waals surface area contributed by atoms with Gasteiger partial charge in [0.1, 0.15) is 0 Å². The fraction of sp³-hybridized carbons (Fsp3) is 0.333. The van der Waals surface area contributed by atoms with Crippen molar-refractivity contribution in [3.05, 3.63) is 69.7 Å². The van der Waals surface area contributed by atoms with Crippen molar-refractivity contribution in [2.24, 2.45) is 0 Å². The number of rotatable bonds is 4. The van der Waals surface area contributed by atoms with Crippen LogP contribution in [0.5, 0.6) is 0 Å². The molecule has 4 nitrogen and oxygen atoms in total. The van der Waals surface area contributed by atoms with E-state index in [1.807, 2.05) is 41.3 Å². The normalized spacial score (nSPS) is 17.0. The van der Waals surface area contributed by atoms with E-state index in [-0.39, 0.29) is 11.8 Å². The predicted octanol–water partition coefficient (Wildman–Crippen LogP) is 4.39. The highest BCUT2D eigenvalue weighted by molar-refractivity contribution is 9.10. The van der Waals surface area contributed by atoms with Gasteiger partial charge in [-0.2, -0.15) is 0 Å². The summed E-state index contributed by atoms with van der Waals surface area (Å²) < 4.78 is 0.875. The van der Waals surface area contributed by atoms with Crippen molar-refractivity contribution in [2.45, 2.75) is 38.8 Å². The molecule has 0 aliphatic carbocycles. The van der Waals surface area contributed by atoms with Gasteiger partial charge < -0.3 is 10.2 Å². The molecule has 5 heteroatoms. The molecule has 1 atom stereocenters. The van der Waals surface area contributed by atoms with Gasteiger partial charge in [0.2, 0.25) is 0 Å². The van der Waals surface area contributed by atoms with E-state index in [0.717, 1.165) is 29.4 Å². The number of amides is 2. The number of benzene rings is 2. The number of piperidine rings is 1. The summed E-state index contributed by atoms with van der Waals surface area (Å²) in [5.74, 6) is -0.0180. The van der Waals surface area contributed by atoms with E-state index in [1.165, 1.54) is 6.42 Å². The van der Waals surface area contributed by atoms with E-state index in [9.17, 15) is 9.59 Å². The Hall–Kier alpha value is -2.14. The van der Waals surface area contributed by atoms with Crippen molar-refractivity contribution in [3.63, 3.8) is 0 Å². The minimum absolute atomic E-state index is 0.0990. The lowest BCUT2D eigenvalue weighted by Crippen LogP contribution is -2.42. The lowest BCUT2D eigenvalue weighted by molar-refractivity contribution is 0.0635. The standard InChI is InChI=1S/C21H23BrN2O2/c1-15-5-2-3-12-24(15)21(26)17-10-8-16(9-11-17)14-23-20(25)18-6-4-7-19(22)13-18/h4,6-11,13,15H,2-3,5,12,14H2,1H3,(H,23,25). The largest absolute Gasteiger partial charge is 0.348 e. The fourth-order valence-electron chi connectivity index (χ4n) is 3.24. The Labute approximate surface area is 162 Å². The first-order chi connectivity index (χ1) is 12.5. The van der Waals surface area contributed by atoms with Crippen molar-refractivity contribution in [1.29, 1.82) is 0 Å². The Kier molecular flexibility index (Phi) is 6.09. The number of hydrogen-bond acceptors (Lipinski definition) is 2. The first-order valence-corrected chi connectivity index (χ1v) is 9.77. The van der Waals surface area contributed by atoms with Gasteiger partial charge in [0.25, 0.3) is 11.8 Å². The second-order valence-corrected chi connectivity index (χ2v) is 7.65. The summed E-state index contributed by atoms with van der Waals surface area (Å²) in [7, 11) is 0. The van der Waals surface area contributed by atoms with Crippen molar-refractivity contribution in [3.8, 4) is 0 Å². The molecule has 0 radical (unpaired) electrons. The maximum atomic E-state index is 12.7. The molecule has 1 aliphatic heterocycles. The lowest BCUT2D eigenvalue weighted by atomic mass is 10.0. The molecule has 2 aromatic rings. The number of nitrogens with one attached hydrogen (secondary N) is 1. The molecule has 1 heterocycles. The monoisotopic (exact) mass is 414 g/mol. The maximum Gasteiger partial charge on any atom is 0.254 e. The first kappa shape index (κ1) is 18.6. The highest BCUT2D eigenvalue weighted by Gasteiger charge is 2.23. The van der Waals surface area contributed by atoms with E-state index in [0.29, 0.717) is 23.7 Å². The molecule has 0 spiro atoms. The number of carbonyl (C=O) groups excluding carboxylic acids is 2. The van der Waals surface area contributed by atoms with Gasteiger partial charge in [-0.3, -0.25) is 9.59 Å². The van der Waals surface area contributed by atoms with Gasteiger partial charge in [-0.1, -0.05) is 34.1 Å². The highest BCUT2D eigenvalue weighted by atomic mass is 79.9. The second kappa shape index (κ2) is 8.49. The summed E-state index contributed by atoms with van der Waals surface area (Å²) in [6.45, 7) is 3.38. The minimum atomic E-state index is -0.117. The van der Waals surface area contributed by atoms with Crippen LogP contribution in [0.4, 0.5) is 0 Å². The van der Waals surface area contributed by atoms with Gasteiger partial charge in [0, 0.05) is 34.7 Å². The Balaban J connectivity index is 1.59. The molecule has 2 aromatic carbocycles. The second-order valence-electron chi connectivity index (χ2n) is 6.73. The summed E-state index contributed by atoms with van der Waals surface area (Å²) in [5, 5.41) is 2.91. The SMILES string of the molecule is CC1CCCCN1C(=O)c1ccc(CNC(=O)c2cccc(Br)c2)cc1. The summed E-state index contributed by atoms with van der Waals surface area (Å²) >= 11 is 3.37. The average Bonchev–Trinajstić information content (AvgIpc) is 2.66. The molecule has 1 saturated heterocycles. The molecule has 2 amide bonds. The van der Waals surface area contributed by atoms with Gasteiger partial charge in [-0.15, -0.1) is 0 Å². The lowest BCUT2D eigenvalue weighted by Gasteiger charge is -2.33. The van der Waals surface area contributed by atoms with Crippen LogP contribution in [0.25, 0.3) is 0 Å². The third kappa shape index (κ3) is 4.52. The van der Waals surface area contributed by atoms with E-state index >= 15 is 0 Å². The highest BCUT2D eigenvalue weighted by Crippen LogP contribution is 2.19. The predicted molar refractivity (Wildman–Crippen MR) is 106 cm³/mol. The van der Waals surface area contributed by atoms with Gasteiger partial charge in [-0.25, -0.2) is 0 Å². The minimum Gasteiger partial charge on any atom is -0.348 e. The van der Waals surface area contributed by atoms with Crippen LogP contribution in [-0.4, -0.2) is 29.3 Å². The van der Waals surface area contributed by atoms with Gasteiger partial charge >= 0.3 is 0 Å². The van der Waals surface area contributed by atoms with E-state index in [4.69, 9.17) is 0 Å². The molecular formula is C21H23BrN2O2.